The monoisotopic (exact) mass is 298 g/mol. The third kappa shape index (κ3) is 4.53. The van der Waals surface area contributed by atoms with Crippen molar-refractivity contribution in [3.05, 3.63) is 35.9 Å². The van der Waals surface area contributed by atoms with Crippen molar-refractivity contribution in [1.29, 1.82) is 0 Å². The van der Waals surface area contributed by atoms with E-state index in [1.54, 1.807) is 18.2 Å². The maximum atomic E-state index is 11.5. The Morgan fingerprint density at radius 3 is 2.30 bits per heavy atom. The van der Waals surface area contributed by atoms with Gasteiger partial charge in [0, 0.05) is 5.56 Å². The molecule has 1 aromatic carbocycles. The molecule has 7 nitrogen and oxygen atoms in total. The van der Waals surface area contributed by atoms with Crippen LogP contribution in [0.15, 0.2) is 30.3 Å². The van der Waals surface area contributed by atoms with E-state index in [-0.39, 0.29) is 5.56 Å². The first-order valence-electron chi connectivity index (χ1n) is 5.48. The summed E-state index contributed by atoms with van der Waals surface area (Å²) in [5, 5.41) is 17.7. The van der Waals surface area contributed by atoms with Crippen LogP contribution in [0.1, 0.15) is 18.1 Å². The van der Waals surface area contributed by atoms with Crippen LogP contribution in [0, 0.1) is 0 Å². The topological polar surface area (TPSA) is 118 Å². The van der Waals surface area contributed by atoms with E-state index in [9.17, 15) is 24.1 Å². The molecule has 2 N–H and O–H groups in total. The number of aliphatic carboxylic acids is 1. The summed E-state index contributed by atoms with van der Waals surface area (Å²) in [4.78, 5) is 33.4. The number of benzene rings is 1. The Kier molecular flexibility index (Phi) is 5.96. The fourth-order valence-corrected chi connectivity index (χ4v) is 1.68. The molecule has 20 heavy (non-hydrogen) atoms. The molecule has 0 aliphatic carbocycles. The van der Waals surface area contributed by atoms with Crippen molar-refractivity contribution < 1.29 is 33.9 Å². The summed E-state index contributed by atoms with van der Waals surface area (Å²) >= 11 is 0. The van der Waals surface area contributed by atoms with Crippen LogP contribution in [0.5, 0.6) is 0 Å². The zero-order valence-corrected chi connectivity index (χ0v) is 11.0. The molecule has 1 rings (SSSR count). The average Bonchev–Trinajstić information content (AvgIpc) is 2.43. The van der Waals surface area contributed by atoms with Crippen molar-refractivity contribution in [3.63, 3.8) is 0 Å². The van der Waals surface area contributed by atoms with Crippen molar-refractivity contribution >= 4 is 25.9 Å². The van der Waals surface area contributed by atoms with Crippen molar-refractivity contribution in [2.75, 3.05) is 0 Å². The van der Waals surface area contributed by atoms with Gasteiger partial charge in [0.15, 0.2) is 12.2 Å². The molecule has 0 heterocycles. The van der Waals surface area contributed by atoms with Crippen molar-refractivity contribution in [1.82, 2.24) is 0 Å². The number of rotatable bonds is 7. The number of carboxylic acid groups (broad SMARTS) is 1. The van der Waals surface area contributed by atoms with Crippen LogP contribution in [-0.4, -0.2) is 33.8 Å². The Balaban J connectivity index is 2.86. The first-order valence-corrected chi connectivity index (χ1v) is 6.29. The third-order valence-corrected chi connectivity index (χ3v) is 2.71. The van der Waals surface area contributed by atoms with E-state index in [0.29, 0.717) is 0 Å². The quantitative estimate of drug-likeness (QED) is 0.567. The molecule has 0 spiro atoms. The molecule has 0 saturated heterocycles. The predicted octanol–water partition coefficient (Wildman–Crippen LogP) is 0.925. The Bertz CT molecular complexity index is 514. The Hall–Kier alpha value is -2.11. The Morgan fingerprint density at radius 2 is 1.80 bits per heavy atom. The number of hydrogen-bond donors (Lipinski definition) is 2. The molecule has 0 amide bonds. The van der Waals surface area contributed by atoms with Crippen molar-refractivity contribution in [2.45, 2.75) is 18.6 Å². The number of hydrogen-bond acceptors (Lipinski definition) is 6. The lowest BCUT2D eigenvalue weighted by Gasteiger charge is -2.16. The molecule has 0 aliphatic heterocycles. The summed E-state index contributed by atoms with van der Waals surface area (Å²) in [6.07, 6.45) is -4.19. The van der Waals surface area contributed by atoms with Crippen LogP contribution in [0.25, 0.3) is 0 Å². The molecule has 0 saturated carbocycles. The lowest BCUT2D eigenvalue weighted by atomic mass is 10.1. The number of carbonyl (C=O) groups is 3. The van der Waals surface area contributed by atoms with Gasteiger partial charge in [-0.1, -0.05) is 30.3 Å². The minimum Gasteiger partial charge on any atom is -0.481 e. The maximum absolute atomic E-state index is 11.5. The predicted molar refractivity (Wildman–Crippen MR) is 66.1 cm³/mol. The Morgan fingerprint density at radius 1 is 1.20 bits per heavy atom. The summed E-state index contributed by atoms with van der Waals surface area (Å²) in [6.45, 7) is 0. The highest BCUT2D eigenvalue weighted by Gasteiger charge is 2.29. The van der Waals surface area contributed by atoms with Crippen molar-refractivity contribution in [2.24, 2.45) is 0 Å². The van der Waals surface area contributed by atoms with E-state index >= 15 is 0 Å². The summed E-state index contributed by atoms with van der Waals surface area (Å²) < 4.78 is 15.4. The molecule has 0 bridgehead atoms. The van der Waals surface area contributed by atoms with Gasteiger partial charge in [0.05, 0.1) is 6.42 Å². The second-order valence-corrected chi connectivity index (χ2v) is 4.39. The highest BCUT2D eigenvalue weighted by molar-refractivity contribution is 7.46. The summed E-state index contributed by atoms with van der Waals surface area (Å²) in [5.41, 5.74) is -0.635. The molecular formula is C12H11O7P. The molecule has 0 radical (unpaired) electrons. The van der Waals surface area contributed by atoms with Gasteiger partial charge in [0.25, 0.3) is 5.52 Å². The molecule has 106 valence electrons. The number of carboxylic acids is 1. The fourth-order valence-electron chi connectivity index (χ4n) is 1.38. The maximum Gasteiger partial charge on any atom is 0.336 e. The van der Waals surface area contributed by atoms with Crippen LogP contribution < -0.4 is 0 Å². The van der Waals surface area contributed by atoms with Crippen LogP contribution in [0.4, 0.5) is 0 Å². The molecule has 0 fully saturated rings. The molecule has 0 aliphatic rings. The largest absolute Gasteiger partial charge is 0.481 e. The SMILES string of the molecule is O=PC(=O)[C@@H](OC(=O)[C@@H](O)CC(=O)O)c1ccccc1. The van der Waals surface area contributed by atoms with Gasteiger partial charge in [0.1, 0.15) is 0 Å². The van der Waals surface area contributed by atoms with Crippen LogP contribution in [0.2, 0.25) is 0 Å². The van der Waals surface area contributed by atoms with Crippen LogP contribution in [-0.2, 0) is 23.7 Å². The fraction of sp³-hybridized carbons (Fsp3) is 0.250. The standard InChI is InChI=1S/C12H11O7P/c13-8(6-9(14)15)11(16)19-10(12(17)20-18)7-4-2-1-3-5-7/h1-5,8,10,13H,6H2,(H,14,15)/t8-,10-/m0/s1. The number of esters is 1. The highest BCUT2D eigenvalue weighted by Crippen LogP contribution is 2.23. The van der Waals surface area contributed by atoms with Gasteiger partial charge < -0.3 is 14.9 Å². The third-order valence-electron chi connectivity index (χ3n) is 2.29. The summed E-state index contributed by atoms with van der Waals surface area (Å²) in [5.74, 6) is -2.66. The second-order valence-electron chi connectivity index (χ2n) is 3.77. The van der Waals surface area contributed by atoms with E-state index in [2.05, 4.69) is 0 Å². The van der Waals surface area contributed by atoms with Gasteiger partial charge in [-0.25, -0.2) is 4.79 Å². The number of carbonyl (C=O) groups excluding carboxylic acids is 2. The summed E-state index contributed by atoms with van der Waals surface area (Å²) in [7, 11) is -0.853. The van der Waals surface area contributed by atoms with Gasteiger partial charge in [-0.2, -0.15) is 0 Å². The lowest BCUT2D eigenvalue weighted by Crippen LogP contribution is -2.28. The van der Waals surface area contributed by atoms with Gasteiger partial charge >= 0.3 is 11.9 Å². The lowest BCUT2D eigenvalue weighted by molar-refractivity contribution is -0.164. The normalized spacial score (nSPS) is 13.4. The van der Waals surface area contributed by atoms with E-state index < -0.39 is 44.6 Å². The Labute approximate surface area is 115 Å². The van der Waals surface area contributed by atoms with Gasteiger partial charge in [-0.05, 0) is 0 Å². The summed E-state index contributed by atoms with van der Waals surface area (Å²) in [6, 6.07) is 7.79. The van der Waals surface area contributed by atoms with Crippen LogP contribution >= 0.6 is 8.46 Å². The van der Waals surface area contributed by atoms with Gasteiger partial charge in [-0.15, -0.1) is 0 Å². The number of aliphatic hydroxyl groups is 1. The van der Waals surface area contributed by atoms with Gasteiger partial charge in [-0.3, -0.25) is 14.2 Å². The molecule has 8 heteroatoms. The second kappa shape index (κ2) is 7.47. The van der Waals surface area contributed by atoms with Gasteiger partial charge in [0.2, 0.25) is 8.46 Å². The first-order chi connectivity index (χ1) is 9.45. The zero-order valence-electron chi connectivity index (χ0n) is 10.1. The minimum absolute atomic E-state index is 0.275. The molecule has 1 aromatic rings. The highest BCUT2D eigenvalue weighted by atomic mass is 31.1. The smallest absolute Gasteiger partial charge is 0.336 e. The van der Waals surface area contributed by atoms with Crippen molar-refractivity contribution in [3.8, 4) is 0 Å². The zero-order chi connectivity index (χ0) is 15.1. The molecule has 0 unspecified atom stereocenters. The molecule has 0 aromatic heterocycles. The van der Waals surface area contributed by atoms with E-state index in [1.807, 2.05) is 0 Å². The van der Waals surface area contributed by atoms with E-state index in [4.69, 9.17) is 9.84 Å². The average molecular weight is 298 g/mol. The number of ether oxygens (including phenoxy) is 1. The number of aliphatic hydroxyl groups excluding tert-OH is 1. The van der Waals surface area contributed by atoms with Crippen LogP contribution in [0.3, 0.4) is 0 Å². The molecular weight excluding hydrogens is 287 g/mol. The minimum atomic E-state index is -1.89. The first kappa shape index (κ1) is 15.9. The molecule has 2 atom stereocenters. The van der Waals surface area contributed by atoms with E-state index in [1.165, 1.54) is 12.1 Å². The van der Waals surface area contributed by atoms with E-state index in [0.717, 1.165) is 0 Å².